The Morgan fingerprint density at radius 1 is 1.28 bits per heavy atom. The topological polar surface area (TPSA) is 56.2 Å². The fourth-order valence-corrected chi connectivity index (χ4v) is 3.15. The van der Waals surface area contributed by atoms with E-state index in [9.17, 15) is 9.18 Å². The zero-order valence-corrected chi connectivity index (χ0v) is 15.1. The van der Waals surface area contributed by atoms with E-state index in [0.717, 1.165) is 18.5 Å². The zero-order chi connectivity index (χ0) is 18.1. The highest BCUT2D eigenvalue weighted by Gasteiger charge is 2.23. The van der Waals surface area contributed by atoms with Crippen molar-refractivity contribution in [2.24, 2.45) is 0 Å². The predicted molar refractivity (Wildman–Crippen MR) is 94.9 cm³/mol. The van der Waals surface area contributed by atoms with Crippen LogP contribution < -0.4 is 10.1 Å². The van der Waals surface area contributed by atoms with Gasteiger partial charge >= 0.3 is 0 Å². The first-order valence-electron chi connectivity index (χ1n) is 8.72. The van der Waals surface area contributed by atoms with Crippen molar-refractivity contribution in [3.63, 3.8) is 0 Å². The minimum absolute atomic E-state index is 0.0486. The van der Waals surface area contributed by atoms with Gasteiger partial charge in [0, 0.05) is 24.6 Å². The molecule has 0 saturated heterocycles. The molecule has 0 bridgehead atoms. The van der Waals surface area contributed by atoms with Gasteiger partial charge in [-0.2, -0.15) is 5.10 Å². The van der Waals surface area contributed by atoms with Gasteiger partial charge in [-0.15, -0.1) is 0 Å². The molecule has 5 nitrogen and oxygen atoms in total. The van der Waals surface area contributed by atoms with Crippen molar-refractivity contribution in [2.75, 3.05) is 11.9 Å². The maximum Gasteiger partial charge on any atom is 0.276 e. The summed E-state index contributed by atoms with van der Waals surface area (Å²) in [6, 6.07) is 4.85. The van der Waals surface area contributed by atoms with Crippen molar-refractivity contribution in [3.05, 3.63) is 40.8 Å². The molecule has 1 amide bonds. The molecule has 0 fully saturated rings. The van der Waals surface area contributed by atoms with Gasteiger partial charge in [-0.3, -0.25) is 4.79 Å². The average molecular weight is 345 g/mol. The molecule has 1 aromatic heterocycles. The SMILES string of the molecule is CC(C)c1ccc(F)c(C(C)C)c1NC(=O)c1cc2n(n1)CCCO2. The van der Waals surface area contributed by atoms with E-state index >= 15 is 0 Å². The van der Waals surface area contributed by atoms with E-state index in [2.05, 4.69) is 10.4 Å². The summed E-state index contributed by atoms with van der Waals surface area (Å²) < 4.78 is 21.6. The first kappa shape index (κ1) is 17.5. The van der Waals surface area contributed by atoms with Crippen molar-refractivity contribution in [2.45, 2.75) is 52.5 Å². The number of benzene rings is 1. The predicted octanol–water partition coefficient (Wildman–Crippen LogP) is 4.30. The van der Waals surface area contributed by atoms with E-state index in [0.29, 0.717) is 23.7 Å². The Hall–Kier alpha value is -2.37. The van der Waals surface area contributed by atoms with Crippen LogP contribution in [0.25, 0.3) is 0 Å². The molecule has 1 aliphatic heterocycles. The number of ether oxygens (including phenoxy) is 1. The van der Waals surface area contributed by atoms with Gasteiger partial charge in [0.05, 0.1) is 12.3 Å². The lowest BCUT2D eigenvalue weighted by Gasteiger charge is -2.20. The standard InChI is InChI=1S/C19H24FN3O2/c1-11(2)13-6-7-14(20)17(12(3)4)18(13)21-19(24)15-10-16-23(22-15)8-5-9-25-16/h6-7,10-12H,5,8-9H2,1-4H3,(H,21,24). The number of amides is 1. The number of carbonyl (C=O) groups excluding carboxylic acids is 1. The largest absolute Gasteiger partial charge is 0.478 e. The second kappa shape index (κ2) is 6.86. The fraction of sp³-hybridized carbons (Fsp3) is 0.474. The molecule has 2 aromatic rings. The molecule has 6 heteroatoms. The van der Waals surface area contributed by atoms with Gasteiger partial charge in [0.2, 0.25) is 5.88 Å². The fourth-order valence-electron chi connectivity index (χ4n) is 3.15. The van der Waals surface area contributed by atoms with Crippen molar-refractivity contribution in [1.29, 1.82) is 0 Å². The van der Waals surface area contributed by atoms with Crippen LogP contribution >= 0.6 is 0 Å². The van der Waals surface area contributed by atoms with E-state index < -0.39 is 0 Å². The second-order valence-corrected chi connectivity index (χ2v) is 6.98. The second-order valence-electron chi connectivity index (χ2n) is 6.98. The van der Waals surface area contributed by atoms with Gasteiger partial charge in [-0.25, -0.2) is 9.07 Å². The van der Waals surface area contributed by atoms with Crippen LogP contribution in [0.1, 0.15) is 67.6 Å². The summed E-state index contributed by atoms with van der Waals surface area (Å²) in [4.78, 5) is 12.7. The number of anilines is 1. The molecular weight excluding hydrogens is 321 g/mol. The molecule has 3 rings (SSSR count). The van der Waals surface area contributed by atoms with Crippen molar-refractivity contribution >= 4 is 11.6 Å². The number of fused-ring (bicyclic) bond motifs is 1. The maximum absolute atomic E-state index is 14.4. The Kier molecular flexibility index (Phi) is 4.79. The number of carbonyl (C=O) groups is 1. The van der Waals surface area contributed by atoms with Crippen LogP contribution in [0.2, 0.25) is 0 Å². The first-order chi connectivity index (χ1) is 11.9. The molecule has 0 aliphatic carbocycles. The van der Waals surface area contributed by atoms with Crippen molar-refractivity contribution in [3.8, 4) is 5.88 Å². The van der Waals surface area contributed by atoms with Crippen LogP contribution in [0.5, 0.6) is 5.88 Å². The maximum atomic E-state index is 14.4. The summed E-state index contributed by atoms with van der Waals surface area (Å²) in [6.45, 7) is 9.25. The van der Waals surface area contributed by atoms with Crippen molar-refractivity contribution < 1.29 is 13.9 Å². The van der Waals surface area contributed by atoms with Gasteiger partial charge in [0.25, 0.3) is 5.91 Å². The van der Waals surface area contributed by atoms with E-state index in [1.165, 1.54) is 6.07 Å². The minimum atomic E-state index is -0.347. The number of nitrogens with one attached hydrogen (secondary N) is 1. The zero-order valence-electron chi connectivity index (χ0n) is 15.1. The summed E-state index contributed by atoms with van der Waals surface area (Å²) in [6.07, 6.45) is 0.870. The molecule has 25 heavy (non-hydrogen) atoms. The molecule has 2 heterocycles. The first-order valence-corrected chi connectivity index (χ1v) is 8.72. The number of nitrogens with zero attached hydrogens (tertiary/aromatic N) is 2. The normalized spacial score (nSPS) is 13.7. The summed E-state index contributed by atoms with van der Waals surface area (Å²) >= 11 is 0. The number of halogens is 1. The quantitative estimate of drug-likeness (QED) is 0.898. The number of hydrogen-bond donors (Lipinski definition) is 1. The molecule has 0 saturated carbocycles. The van der Waals surface area contributed by atoms with Gasteiger partial charge < -0.3 is 10.1 Å². The lowest BCUT2D eigenvalue weighted by Crippen LogP contribution is -2.18. The van der Waals surface area contributed by atoms with Crippen LogP contribution in [0.3, 0.4) is 0 Å². The number of rotatable bonds is 4. The third-order valence-corrected chi connectivity index (χ3v) is 4.40. The summed E-state index contributed by atoms with van der Waals surface area (Å²) in [5.41, 5.74) is 2.28. The van der Waals surface area contributed by atoms with Crippen molar-refractivity contribution in [1.82, 2.24) is 9.78 Å². The molecular formula is C19H24FN3O2. The number of aryl methyl sites for hydroxylation is 1. The highest BCUT2D eigenvalue weighted by Crippen LogP contribution is 2.35. The van der Waals surface area contributed by atoms with Gasteiger partial charge in [-0.1, -0.05) is 33.8 Å². The molecule has 0 atom stereocenters. The number of aromatic nitrogens is 2. The van der Waals surface area contributed by atoms with Crippen LogP contribution in [-0.4, -0.2) is 22.3 Å². The summed E-state index contributed by atoms with van der Waals surface area (Å²) in [5.74, 6) is 0.0605. The average Bonchev–Trinajstić information content (AvgIpc) is 2.98. The molecule has 0 radical (unpaired) electrons. The monoisotopic (exact) mass is 345 g/mol. The highest BCUT2D eigenvalue weighted by molar-refractivity contribution is 6.04. The third kappa shape index (κ3) is 3.38. The van der Waals surface area contributed by atoms with Crippen LogP contribution in [0.4, 0.5) is 10.1 Å². The minimum Gasteiger partial charge on any atom is -0.478 e. The summed E-state index contributed by atoms with van der Waals surface area (Å²) in [7, 11) is 0. The Morgan fingerprint density at radius 2 is 2.04 bits per heavy atom. The molecule has 1 aliphatic rings. The van der Waals surface area contributed by atoms with Crippen LogP contribution in [-0.2, 0) is 6.54 Å². The Labute approximate surface area is 147 Å². The van der Waals surface area contributed by atoms with Gasteiger partial charge in [0.15, 0.2) is 5.69 Å². The smallest absolute Gasteiger partial charge is 0.276 e. The third-order valence-electron chi connectivity index (χ3n) is 4.40. The van der Waals surface area contributed by atoms with Crippen LogP contribution in [0, 0.1) is 5.82 Å². The van der Waals surface area contributed by atoms with E-state index in [-0.39, 0.29) is 29.3 Å². The molecule has 134 valence electrons. The highest BCUT2D eigenvalue weighted by atomic mass is 19.1. The van der Waals surface area contributed by atoms with Gasteiger partial charge in [-0.05, 0) is 23.5 Å². The Morgan fingerprint density at radius 3 is 2.68 bits per heavy atom. The lowest BCUT2D eigenvalue weighted by atomic mass is 9.92. The van der Waals surface area contributed by atoms with Crippen LogP contribution in [0.15, 0.2) is 18.2 Å². The number of hydrogen-bond acceptors (Lipinski definition) is 3. The summed E-state index contributed by atoms with van der Waals surface area (Å²) in [5, 5.41) is 7.20. The molecule has 0 spiro atoms. The molecule has 1 N–H and O–H groups in total. The van der Waals surface area contributed by atoms with E-state index in [1.807, 2.05) is 27.7 Å². The molecule has 0 unspecified atom stereocenters. The Bertz CT molecular complexity index is 773. The Balaban J connectivity index is 1.97. The van der Waals surface area contributed by atoms with E-state index in [4.69, 9.17) is 4.74 Å². The lowest BCUT2D eigenvalue weighted by molar-refractivity contribution is 0.102. The van der Waals surface area contributed by atoms with Gasteiger partial charge in [0.1, 0.15) is 5.82 Å². The molecule has 1 aromatic carbocycles. The van der Waals surface area contributed by atoms with E-state index in [1.54, 1.807) is 16.8 Å².